The van der Waals surface area contributed by atoms with Crippen molar-refractivity contribution < 1.29 is 0 Å². The lowest BCUT2D eigenvalue weighted by molar-refractivity contribution is 0.398. The molecule has 12 rings (SSSR count). The summed E-state index contributed by atoms with van der Waals surface area (Å²) in [6.45, 7) is 0.878. The van der Waals surface area contributed by atoms with Gasteiger partial charge >= 0.3 is 0 Å². The Morgan fingerprint density at radius 3 is 2.47 bits per heavy atom. The van der Waals surface area contributed by atoms with Crippen molar-refractivity contribution in [3.63, 3.8) is 0 Å². The van der Waals surface area contributed by atoms with Gasteiger partial charge in [-0.2, -0.15) is 0 Å². The largest absolute Gasteiger partial charge is 0.382 e. The molecule has 55 heavy (non-hydrogen) atoms. The molecule has 2 nitrogen and oxygen atoms in total. The van der Waals surface area contributed by atoms with Gasteiger partial charge in [-0.25, -0.2) is 0 Å². The van der Waals surface area contributed by atoms with Gasteiger partial charge in [0.1, 0.15) is 0 Å². The summed E-state index contributed by atoms with van der Waals surface area (Å²) in [5, 5.41) is 10.3. The van der Waals surface area contributed by atoms with Crippen LogP contribution < -0.4 is 10.6 Å². The molecule has 1 spiro atoms. The molecule has 4 aromatic rings. The summed E-state index contributed by atoms with van der Waals surface area (Å²) in [4.78, 5) is 0. The molecule has 264 valence electrons. The SMILES string of the molecule is C1=CC(C2C=CC3=C(C2)C2(c4ccccc4C4C=CC=CC42)c2cc4ccccc4c(-c4ccccc4)c23)CC(C2=CC=C3C=CC4=C(NCC=C4)C3N2)=C1. The summed E-state index contributed by atoms with van der Waals surface area (Å²) in [7, 11) is 0. The highest BCUT2D eigenvalue weighted by Gasteiger charge is 2.59. The van der Waals surface area contributed by atoms with Crippen LogP contribution in [0.3, 0.4) is 0 Å². The van der Waals surface area contributed by atoms with Crippen LogP contribution in [-0.4, -0.2) is 12.6 Å². The van der Waals surface area contributed by atoms with E-state index >= 15 is 0 Å². The predicted molar refractivity (Wildman–Crippen MR) is 227 cm³/mol. The maximum atomic E-state index is 3.96. The molecule has 0 radical (unpaired) electrons. The highest BCUT2D eigenvalue weighted by Crippen LogP contribution is 2.68. The zero-order chi connectivity index (χ0) is 36.1. The van der Waals surface area contributed by atoms with E-state index in [4.69, 9.17) is 0 Å². The molecule has 2 heterocycles. The normalized spacial score (nSPS) is 28.8. The lowest BCUT2D eigenvalue weighted by Crippen LogP contribution is -2.42. The number of dihydropyridines is 2. The Hall–Kier alpha value is -6.12. The van der Waals surface area contributed by atoms with Crippen molar-refractivity contribution in [1.29, 1.82) is 0 Å². The van der Waals surface area contributed by atoms with Crippen LogP contribution in [-0.2, 0) is 5.41 Å². The number of rotatable bonds is 3. The average molecular weight is 707 g/mol. The first-order valence-electron chi connectivity index (χ1n) is 20.1. The first-order valence-corrected chi connectivity index (χ1v) is 20.1. The van der Waals surface area contributed by atoms with Gasteiger partial charge < -0.3 is 10.6 Å². The van der Waals surface area contributed by atoms with Gasteiger partial charge in [-0.1, -0.05) is 164 Å². The summed E-state index contributed by atoms with van der Waals surface area (Å²) in [5.41, 5.74) is 17.9. The first-order chi connectivity index (χ1) is 27.3. The van der Waals surface area contributed by atoms with Gasteiger partial charge in [-0.15, -0.1) is 0 Å². The summed E-state index contributed by atoms with van der Waals surface area (Å²) >= 11 is 0. The van der Waals surface area contributed by atoms with E-state index in [9.17, 15) is 0 Å². The van der Waals surface area contributed by atoms with Crippen LogP contribution in [0.4, 0.5) is 0 Å². The van der Waals surface area contributed by atoms with Crippen LogP contribution in [0.1, 0.15) is 41.0 Å². The second-order valence-corrected chi connectivity index (χ2v) is 16.4. The molecule has 2 N–H and O–H groups in total. The Balaban J connectivity index is 0.978. The van der Waals surface area contributed by atoms with Crippen LogP contribution in [0.25, 0.3) is 27.5 Å². The Bertz CT molecular complexity index is 2700. The van der Waals surface area contributed by atoms with Gasteiger partial charge in [-0.05, 0) is 109 Å². The molecule has 0 amide bonds. The first kappa shape index (κ1) is 31.3. The van der Waals surface area contributed by atoms with Crippen LogP contribution in [0, 0.1) is 17.8 Å². The lowest BCUT2D eigenvalue weighted by Gasteiger charge is -2.40. The second kappa shape index (κ2) is 11.9. The van der Waals surface area contributed by atoms with E-state index in [1.54, 1.807) is 5.57 Å². The molecule has 0 fully saturated rings. The highest BCUT2D eigenvalue weighted by molar-refractivity contribution is 6.08. The van der Waals surface area contributed by atoms with Crippen LogP contribution in [0.2, 0.25) is 0 Å². The Morgan fingerprint density at radius 2 is 1.51 bits per heavy atom. The number of benzene rings is 4. The molecular weight excluding hydrogens is 665 g/mol. The number of allylic oxidation sites excluding steroid dienone is 17. The van der Waals surface area contributed by atoms with Crippen molar-refractivity contribution in [3.8, 4) is 11.1 Å². The van der Waals surface area contributed by atoms with Crippen molar-refractivity contribution in [1.82, 2.24) is 10.6 Å². The van der Waals surface area contributed by atoms with Crippen LogP contribution in [0.15, 0.2) is 210 Å². The Labute approximate surface area is 323 Å². The van der Waals surface area contributed by atoms with E-state index in [2.05, 4.69) is 187 Å². The summed E-state index contributed by atoms with van der Waals surface area (Å²) < 4.78 is 0. The molecule has 6 unspecified atom stereocenters. The standard InChI is InChI=1S/C53H42N2/c1-2-12-33(13-3-1)49-40-18-5-4-14-38(40)32-47-50(49)43-27-25-37(31-46(43)53(47)44-21-8-6-19-41(44)42-20-7-9-22-45(42)53)36-15-10-16-39(30-36)48-28-26-35-24-23-34-17-11-29-54-51(34)52(35)55-48/h1-28,32,36-37,41,44,52,54-55H,29-31H2. The van der Waals surface area contributed by atoms with Crippen molar-refractivity contribution >= 4 is 16.3 Å². The third kappa shape index (κ3) is 4.43. The molecule has 0 bridgehead atoms. The monoisotopic (exact) mass is 706 g/mol. The van der Waals surface area contributed by atoms with Crippen molar-refractivity contribution in [2.45, 2.75) is 30.2 Å². The van der Waals surface area contributed by atoms with Crippen molar-refractivity contribution in [2.24, 2.45) is 17.8 Å². The van der Waals surface area contributed by atoms with Gasteiger partial charge in [0.05, 0.1) is 11.5 Å². The van der Waals surface area contributed by atoms with E-state index in [-0.39, 0.29) is 11.5 Å². The van der Waals surface area contributed by atoms with E-state index in [0.29, 0.717) is 23.7 Å². The fourth-order valence-corrected chi connectivity index (χ4v) is 11.5. The van der Waals surface area contributed by atoms with Gasteiger partial charge in [-0.3, -0.25) is 0 Å². The zero-order valence-corrected chi connectivity index (χ0v) is 30.8. The second-order valence-electron chi connectivity index (χ2n) is 16.4. The molecule has 2 heteroatoms. The van der Waals surface area contributed by atoms with Crippen LogP contribution in [0.5, 0.6) is 0 Å². The lowest BCUT2D eigenvalue weighted by atomic mass is 9.61. The molecule has 8 aliphatic rings. The van der Waals surface area contributed by atoms with E-state index in [0.717, 1.165) is 19.4 Å². The van der Waals surface area contributed by atoms with Gasteiger partial charge in [0.25, 0.3) is 0 Å². The number of nitrogens with one attached hydrogen (secondary N) is 2. The third-order valence-electron chi connectivity index (χ3n) is 13.8. The molecule has 0 saturated carbocycles. The van der Waals surface area contributed by atoms with Crippen molar-refractivity contribution in [3.05, 3.63) is 232 Å². The van der Waals surface area contributed by atoms with E-state index in [1.807, 2.05) is 0 Å². The summed E-state index contributed by atoms with van der Waals surface area (Å²) in [6.07, 6.45) is 37.5. The van der Waals surface area contributed by atoms with Gasteiger partial charge in [0, 0.05) is 29.8 Å². The molecular formula is C53H42N2. The average Bonchev–Trinajstić information content (AvgIpc) is 3.72. The molecule has 6 aliphatic carbocycles. The fourth-order valence-electron chi connectivity index (χ4n) is 11.5. The zero-order valence-electron chi connectivity index (χ0n) is 30.8. The van der Waals surface area contributed by atoms with E-state index < -0.39 is 0 Å². The molecule has 0 saturated heterocycles. The third-order valence-corrected chi connectivity index (χ3v) is 13.8. The number of hydrogen-bond donors (Lipinski definition) is 2. The maximum Gasteiger partial charge on any atom is 0.0920 e. The Morgan fingerprint density at radius 1 is 0.655 bits per heavy atom. The molecule has 6 atom stereocenters. The minimum atomic E-state index is -0.239. The van der Waals surface area contributed by atoms with Crippen molar-refractivity contribution in [2.75, 3.05) is 6.54 Å². The quantitative estimate of drug-likeness (QED) is 0.222. The van der Waals surface area contributed by atoms with Gasteiger partial charge in [0.15, 0.2) is 0 Å². The smallest absolute Gasteiger partial charge is 0.0920 e. The molecule has 2 aliphatic heterocycles. The summed E-state index contributed by atoms with van der Waals surface area (Å²) in [5.74, 6) is 1.46. The van der Waals surface area contributed by atoms with Gasteiger partial charge in [0.2, 0.25) is 0 Å². The topological polar surface area (TPSA) is 24.1 Å². The Kier molecular flexibility index (Phi) is 6.78. The van der Waals surface area contributed by atoms with Crippen LogP contribution >= 0.6 is 0 Å². The highest BCUT2D eigenvalue weighted by atomic mass is 15.0. The van der Waals surface area contributed by atoms with E-state index in [1.165, 1.54) is 77.8 Å². The maximum absolute atomic E-state index is 3.96. The number of fused-ring (bicyclic) bond motifs is 12. The molecule has 4 aromatic carbocycles. The number of hydrogen-bond acceptors (Lipinski definition) is 2. The fraction of sp³-hybridized carbons (Fsp3) is 0.170. The predicted octanol–water partition coefficient (Wildman–Crippen LogP) is 11.2. The minimum absolute atomic E-state index is 0.164. The molecule has 0 aromatic heterocycles. The summed E-state index contributed by atoms with van der Waals surface area (Å²) in [6, 6.07) is 32.4. The minimum Gasteiger partial charge on any atom is -0.382 e.